The highest BCUT2D eigenvalue weighted by molar-refractivity contribution is 7.14. The number of amides is 1. The van der Waals surface area contributed by atoms with E-state index in [-0.39, 0.29) is 11.6 Å². The van der Waals surface area contributed by atoms with Crippen molar-refractivity contribution in [2.24, 2.45) is 5.10 Å². The fourth-order valence-corrected chi connectivity index (χ4v) is 3.59. The van der Waals surface area contributed by atoms with Crippen molar-refractivity contribution in [3.63, 3.8) is 0 Å². The molecule has 1 heterocycles. The van der Waals surface area contributed by atoms with Crippen LogP contribution in [0.1, 0.15) is 15.9 Å². The van der Waals surface area contributed by atoms with Crippen molar-refractivity contribution in [3.05, 3.63) is 105 Å². The van der Waals surface area contributed by atoms with Crippen molar-refractivity contribution < 1.29 is 9.72 Å². The van der Waals surface area contributed by atoms with Gasteiger partial charge in [0.1, 0.15) is 0 Å². The van der Waals surface area contributed by atoms with Crippen LogP contribution in [-0.4, -0.2) is 22.0 Å². The van der Waals surface area contributed by atoms with Crippen molar-refractivity contribution in [3.8, 4) is 11.3 Å². The van der Waals surface area contributed by atoms with Gasteiger partial charge in [-0.2, -0.15) is 5.10 Å². The number of nitrogens with zero attached hydrogens (tertiary/aromatic N) is 3. The normalized spacial score (nSPS) is 10.8. The number of non-ortho nitro benzene ring substituents is 1. The molecule has 9 heteroatoms. The summed E-state index contributed by atoms with van der Waals surface area (Å²) < 4.78 is 0. The predicted octanol–water partition coefficient (Wildman–Crippen LogP) is 5.23. The molecule has 158 valence electrons. The number of carbonyl (C=O) groups is 1. The van der Waals surface area contributed by atoms with Crippen molar-refractivity contribution in [1.82, 2.24) is 10.4 Å². The number of aromatic nitrogens is 1. The molecule has 0 fully saturated rings. The summed E-state index contributed by atoms with van der Waals surface area (Å²) in [6.07, 6.45) is 1.35. The number of benzene rings is 3. The fourth-order valence-electron chi connectivity index (χ4n) is 2.85. The molecule has 0 spiro atoms. The molecule has 4 rings (SSSR count). The van der Waals surface area contributed by atoms with Gasteiger partial charge in [-0.25, -0.2) is 10.4 Å². The standard InChI is InChI=1S/C23H17N5O3S/c29-22(27-24-14-16-5-4-8-20(13-16)28(30)31)18-9-11-19(12-10-18)25-23-26-21(15-32-23)17-6-2-1-3-7-17/h1-15H,(H,25,26)(H,27,29)/b24-14-. The quantitative estimate of drug-likeness (QED) is 0.231. The highest BCUT2D eigenvalue weighted by Gasteiger charge is 2.07. The molecule has 2 N–H and O–H groups in total. The zero-order chi connectivity index (χ0) is 22.3. The van der Waals surface area contributed by atoms with E-state index in [1.165, 1.54) is 29.7 Å². The lowest BCUT2D eigenvalue weighted by Gasteiger charge is -2.04. The maximum absolute atomic E-state index is 12.3. The van der Waals surface area contributed by atoms with E-state index in [1.807, 2.05) is 35.7 Å². The zero-order valence-electron chi connectivity index (χ0n) is 16.6. The van der Waals surface area contributed by atoms with Crippen LogP contribution in [0.2, 0.25) is 0 Å². The van der Waals surface area contributed by atoms with Crippen LogP contribution in [0.5, 0.6) is 0 Å². The summed E-state index contributed by atoms with van der Waals surface area (Å²) in [6, 6.07) is 22.8. The molecule has 3 aromatic carbocycles. The topological polar surface area (TPSA) is 110 Å². The Morgan fingerprint density at radius 2 is 1.81 bits per heavy atom. The van der Waals surface area contributed by atoms with Gasteiger partial charge in [0.15, 0.2) is 5.13 Å². The summed E-state index contributed by atoms with van der Waals surface area (Å²) in [6.45, 7) is 0. The Bertz CT molecular complexity index is 1270. The average Bonchev–Trinajstić information content (AvgIpc) is 3.29. The molecule has 0 aliphatic heterocycles. The SMILES string of the molecule is O=C(N/N=C\c1cccc([N+](=O)[O-])c1)c1ccc(Nc2nc(-c3ccccc3)cs2)cc1. The molecule has 0 unspecified atom stereocenters. The van der Waals surface area contributed by atoms with E-state index in [9.17, 15) is 14.9 Å². The molecule has 0 saturated carbocycles. The van der Waals surface area contributed by atoms with Gasteiger partial charge in [0.05, 0.1) is 16.8 Å². The largest absolute Gasteiger partial charge is 0.332 e. The van der Waals surface area contributed by atoms with Crippen LogP contribution >= 0.6 is 11.3 Å². The van der Waals surface area contributed by atoms with Gasteiger partial charge in [0.2, 0.25) is 0 Å². The van der Waals surface area contributed by atoms with E-state index in [4.69, 9.17) is 0 Å². The summed E-state index contributed by atoms with van der Waals surface area (Å²) in [5.74, 6) is -0.390. The molecular formula is C23H17N5O3S. The van der Waals surface area contributed by atoms with Gasteiger partial charge in [0.25, 0.3) is 11.6 Å². The van der Waals surface area contributed by atoms with Crippen LogP contribution in [0.4, 0.5) is 16.5 Å². The van der Waals surface area contributed by atoms with E-state index in [1.54, 1.807) is 36.4 Å². The van der Waals surface area contributed by atoms with E-state index in [2.05, 4.69) is 20.8 Å². The predicted molar refractivity (Wildman–Crippen MR) is 125 cm³/mol. The number of thiazole rings is 1. The molecule has 8 nitrogen and oxygen atoms in total. The molecule has 0 aliphatic carbocycles. The van der Waals surface area contributed by atoms with Crippen LogP contribution in [0, 0.1) is 10.1 Å². The Labute approximate surface area is 187 Å². The van der Waals surface area contributed by atoms with Gasteiger partial charge in [-0.05, 0) is 24.3 Å². The molecule has 1 amide bonds. The minimum absolute atomic E-state index is 0.0421. The third-order valence-electron chi connectivity index (χ3n) is 4.43. The van der Waals surface area contributed by atoms with Crippen LogP contribution in [0.25, 0.3) is 11.3 Å². The van der Waals surface area contributed by atoms with Gasteiger partial charge in [-0.15, -0.1) is 11.3 Å². The lowest BCUT2D eigenvalue weighted by molar-refractivity contribution is -0.384. The third-order valence-corrected chi connectivity index (χ3v) is 5.19. The second-order valence-electron chi connectivity index (χ2n) is 6.66. The molecule has 1 aromatic heterocycles. The van der Waals surface area contributed by atoms with Crippen LogP contribution in [0.3, 0.4) is 0 Å². The highest BCUT2D eigenvalue weighted by atomic mass is 32.1. The first-order valence-electron chi connectivity index (χ1n) is 9.54. The minimum atomic E-state index is -0.486. The van der Waals surface area contributed by atoms with Gasteiger partial charge in [0, 0.05) is 39.9 Å². The molecule has 0 radical (unpaired) electrons. The highest BCUT2D eigenvalue weighted by Crippen LogP contribution is 2.27. The van der Waals surface area contributed by atoms with Crippen LogP contribution in [0.15, 0.2) is 89.3 Å². The maximum Gasteiger partial charge on any atom is 0.271 e. The summed E-state index contributed by atoms with van der Waals surface area (Å²) in [5, 5.41) is 20.6. The Hall–Kier alpha value is -4.37. The first kappa shape index (κ1) is 20.9. The smallest absolute Gasteiger partial charge is 0.271 e. The number of nitro groups is 1. The Morgan fingerprint density at radius 3 is 2.56 bits per heavy atom. The Kier molecular flexibility index (Phi) is 6.28. The number of carbonyl (C=O) groups excluding carboxylic acids is 1. The maximum atomic E-state index is 12.3. The summed E-state index contributed by atoms with van der Waals surface area (Å²) in [7, 11) is 0. The fraction of sp³-hybridized carbons (Fsp3) is 0. The molecule has 32 heavy (non-hydrogen) atoms. The number of rotatable bonds is 7. The van der Waals surface area contributed by atoms with E-state index < -0.39 is 4.92 Å². The van der Waals surface area contributed by atoms with Crippen molar-refractivity contribution in [2.75, 3.05) is 5.32 Å². The summed E-state index contributed by atoms with van der Waals surface area (Å²) in [5.41, 5.74) is 6.06. The molecule has 0 bridgehead atoms. The molecule has 0 aliphatic rings. The number of hydrazone groups is 1. The molecule has 4 aromatic rings. The first-order valence-corrected chi connectivity index (χ1v) is 10.4. The van der Waals surface area contributed by atoms with Gasteiger partial charge in [-0.1, -0.05) is 42.5 Å². The van der Waals surface area contributed by atoms with Gasteiger partial charge < -0.3 is 5.32 Å². The lowest BCUT2D eigenvalue weighted by atomic mass is 10.2. The number of hydrogen-bond donors (Lipinski definition) is 2. The second-order valence-corrected chi connectivity index (χ2v) is 7.52. The van der Waals surface area contributed by atoms with Crippen molar-refractivity contribution >= 4 is 40.0 Å². The number of nitrogens with one attached hydrogen (secondary N) is 2. The minimum Gasteiger partial charge on any atom is -0.332 e. The van der Waals surface area contributed by atoms with Gasteiger partial charge in [-0.3, -0.25) is 14.9 Å². The average molecular weight is 443 g/mol. The van der Waals surface area contributed by atoms with E-state index >= 15 is 0 Å². The number of nitro benzene ring substituents is 1. The van der Waals surface area contributed by atoms with Crippen molar-refractivity contribution in [1.29, 1.82) is 0 Å². The first-order chi connectivity index (χ1) is 15.6. The van der Waals surface area contributed by atoms with Gasteiger partial charge >= 0.3 is 0 Å². The molecule has 0 atom stereocenters. The Morgan fingerprint density at radius 1 is 1.03 bits per heavy atom. The number of anilines is 2. The van der Waals surface area contributed by atoms with E-state index in [0.29, 0.717) is 11.1 Å². The Balaban J connectivity index is 1.35. The summed E-state index contributed by atoms with van der Waals surface area (Å²) in [4.78, 5) is 27.2. The second kappa shape index (κ2) is 9.63. The monoisotopic (exact) mass is 443 g/mol. The molecule has 0 saturated heterocycles. The zero-order valence-corrected chi connectivity index (χ0v) is 17.5. The van der Waals surface area contributed by atoms with E-state index in [0.717, 1.165) is 22.1 Å². The third kappa shape index (κ3) is 5.21. The van der Waals surface area contributed by atoms with Crippen molar-refractivity contribution in [2.45, 2.75) is 0 Å². The summed E-state index contributed by atoms with van der Waals surface area (Å²) >= 11 is 1.50. The lowest BCUT2D eigenvalue weighted by Crippen LogP contribution is -2.17. The van der Waals surface area contributed by atoms with Crippen LogP contribution < -0.4 is 10.7 Å². The molecular weight excluding hydrogens is 426 g/mol. The number of hydrogen-bond acceptors (Lipinski definition) is 7. The van der Waals surface area contributed by atoms with Crippen LogP contribution in [-0.2, 0) is 0 Å².